The van der Waals surface area contributed by atoms with E-state index in [0.717, 1.165) is 55.6 Å². The third-order valence-electron chi connectivity index (χ3n) is 8.26. The number of carbonyl (C=O) groups is 1. The van der Waals surface area contributed by atoms with Gasteiger partial charge in [0.25, 0.3) is 5.91 Å². The Morgan fingerprint density at radius 2 is 1.75 bits per heavy atom. The highest BCUT2D eigenvalue weighted by Gasteiger charge is 2.23. The van der Waals surface area contributed by atoms with Crippen LogP contribution in [0.15, 0.2) is 60.7 Å². The standard InChI is InChI=1S/C32H41N3O/c1-24-14-19-30-27(22-24)23-31(25-10-5-3-6-11-25)35(30)29-17-15-26(16-18-29)32(36)33-20-9-21-34(2)28-12-7-4-8-13-28/h3,5-6,10-11,15-18,23-24,28H,4,7-9,12-14,19-22H2,1-2H3,(H,33,36). The number of amides is 1. The molecule has 0 spiro atoms. The second-order valence-corrected chi connectivity index (χ2v) is 11.0. The molecule has 0 aliphatic heterocycles. The number of carbonyl (C=O) groups excluding carboxylic acids is 1. The monoisotopic (exact) mass is 483 g/mol. The third-order valence-corrected chi connectivity index (χ3v) is 8.26. The normalized spacial score (nSPS) is 18.2. The summed E-state index contributed by atoms with van der Waals surface area (Å²) in [5, 5.41) is 3.13. The molecule has 1 aromatic heterocycles. The van der Waals surface area contributed by atoms with Crippen LogP contribution in [0.3, 0.4) is 0 Å². The van der Waals surface area contributed by atoms with Gasteiger partial charge in [-0.2, -0.15) is 0 Å². The Bertz CT molecular complexity index is 1140. The van der Waals surface area contributed by atoms with Crippen molar-refractivity contribution in [3.05, 3.63) is 77.5 Å². The first kappa shape index (κ1) is 24.8. The Morgan fingerprint density at radius 1 is 1.00 bits per heavy atom. The molecular weight excluding hydrogens is 442 g/mol. The minimum absolute atomic E-state index is 0.0218. The molecule has 2 aromatic carbocycles. The fourth-order valence-corrected chi connectivity index (χ4v) is 6.13. The Morgan fingerprint density at radius 3 is 2.50 bits per heavy atom. The van der Waals surface area contributed by atoms with E-state index in [4.69, 9.17) is 0 Å². The number of rotatable bonds is 8. The molecule has 1 heterocycles. The van der Waals surface area contributed by atoms with Crippen LogP contribution in [0.4, 0.5) is 0 Å². The first-order valence-corrected chi connectivity index (χ1v) is 14.0. The summed E-state index contributed by atoms with van der Waals surface area (Å²) in [6.45, 7) is 4.12. The van der Waals surface area contributed by atoms with E-state index in [2.05, 4.69) is 77.3 Å². The van der Waals surface area contributed by atoms with Gasteiger partial charge in [0.2, 0.25) is 0 Å². The summed E-state index contributed by atoms with van der Waals surface area (Å²) in [4.78, 5) is 15.3. The molecule has 1 N–H and O–H groups in total. The highest BCUT2D eigenvalue weighted by Crippen LogP contribution is 2.35. The topological polar surface area (TPSA) is 37.3 Å². The summed E-state index contributed by atoms with van der Waals surface area (Å²) < 4.78 is 2.42. The van der Waals surface area contributed by atoms with E-state index < -0.39 is 0 Å². The van der Waals surface area contributed by atoms with Gasteiger partial charge in [-0.15, -0.1) is 0 Å². The van der Waals surface area contributed by atoms with E-state index in [1.165, 1.54) is 61.0 Å². The lowest BCUT2D eigenvalue weighted by Crippen LogP contribution is -2.35. The summed E-state index contributed by atoms with van der Waals surface area (Å²) in [7, 11) is 2.24. The van der Waals surface area contributed by atoms with Crippen molar-refractivity contribution in [1.29, 1.82) is 0 Å². The minimum Gasteiger partial charge on any atom is -0.352 e. The van der Waals surface area contributed by atoms with E-state index in [-0.39, 0.29) is 5.91 Å². The average molecular weight is 484 g/mol. The van der Waals surface area contributed by atoms with Gasteiger partial charge in [0.05, 0.1) is 5.69 Å². The molecule has 1 saturated carbocycles. The van der Waals surface area contributed by atoms with E-state index in [1.807, 2.05) is 12.1 Å². The van der Waals surface area contributed by atoms with Crippen LogP contribution in [-0.4, -0.2) is 41.6 Å². The third kappa shape index (κ3) is 5.59. The SMILES string of the molecule is CC1CCc2c(cc(-c3ccccc3)n2-c2ccc(C(=O)NCCCN(C)C3CCCCC3)cc2)C1. The quantitative estimate of drug-likeness (QED) is 0.364. The molecule has 4 nitrogen and oxygen atoms in total. The van der Waals surface area contributed by atoms with Gasteiger partial charge in [0.15, 0.2) is 0 Å². The largest absolute Gasteiger partial charge is 0.352 e. The fraction of sp³-hybridized carbons (Fsp3) is 0.469. The molecule has 2 aliphatic carbocycles. The van der Waals surface area contributed by atoms with Gasteiger partial charge in [-0.3, -0.25) is 4.79 Å². The van der Waals surface area contributed by atoms with Gasteiger partial charge >= 0.3 is 0 Å². The van der Waals surface area contributed by atoms with Gasteiger partial charge in [0.1, 0.15) is 0 Å². The van der Waals surface area contributed by atoms with Crippen LogP contribution in [0.25, 0.3) is 16.9 Å². The average Bonchev–Trinajstić information content (AvgIpc) is 3.30. The molecular formula is C32H41N3O. The summed E-state index contributed by atoms with van der Waals surface area (Å²) in [5.74, 6) is 0.749. The molecule has 1 amide bonds. The molecule has 0 radical (unpaired) electrons. The van der Waals surface area contributed by atoms with Crippen LogP contribution in [0.2, 0.25) is 0 Å². The lowest BCUT2D eigenvalue weighted by molar-refractivity contribution is 0.0950. The molecule has 36 heavy (non-hydrogen) atoms. The van der Waals surface area contributed by atoms with Crippen LogP contribution < -0.4 is 5.32 Å². The Labute approximate surface area is 216 Å². The number of hydrogen-bond acceptors (Lipinski definition) is 2. The van der Waals surface area contributed by atoms with Crippen LogP contribution in [0.1, 0.15) is 73.5 Å². The summed E-state index contributed by atoms with van der Waals surface area (Å²) >= 11 is 0. The summed E-state index contributed by atoms with van der Waals surface area (Å²) in [6.07, 6.45) is 11.2. The van der Waals surface area contributed by atoms with E-state index in [9.17, 15) is 4.79 Å². The van der Waals surface area contributed by atoms with Gasteiger partial charge in [0, 0.05) is 29.5 Å². The number of nitrogens with one attached hydrogen (secondary N) is 1. The maximum Gasteiger partial charge on any atom is 0.251 e. The zero-order chi connectivity index (χ0) is 24.9. The molecule has 5 rings (SSSR count). The lowest BCUT2D eigenvalue weighted by atomic mass is 9.89. The number of hydrogen-bond donors (Lipinski definition) is 1. The van der Waals surface area contributed by atoms with Crippen molar-refractivity contribution in [3.8, 4) is 16.9 Å². The molecule has 2 aliphatic rings. The maximum atomic E-state index is 12.8. The van der Waals surface area contributed by atoms with E-state index >= 15 is 0 Å². The molecule has 0 bridgehead atoms. The van der Waals surface area contributed by atoms with Crippen LogP contribution in [0.5, 0.6) is 0 Å². The van der Waals surface area contributed by atoms with Crippen molar-refractivity contribution < 1.29 is 4.79 Å². The van der Waals surface area contributed by atoms with Crippen LogP contribution in [0, 0.1) is 5.92 Å². The van der Waals surface area contributed by atoms with Crippen molar-refractivity contribution in [2.45, 2.75) is 70.8 Å². The van der Waals surface area contributed by atoms with Gasteiger partial charge in [-0.25, -0.2) is 0 Å². The van der Waals surface area contributed by atoms with Gasteiger partial charge < -0.3 is 14.8 Å². The molecule has 3 aromatic rings. The Balaban J connectivity index is 1.25. The molecule has 190 valence electrons. The molecule has 4 heteroatoms. The van der Waals surface area contributed by atoms with Crippen molar-refractivity contribution >= 4 is 5.91 Å². The second-order valence-electron chi connectivity index (χ2n) is 11.0. The first-order valence-electron chi connectivity index (χ1n) is 14.0. The number of aromatic nitrogens is 1. The summed E-state index contributed by atoms with van der Waals surface area (Å²) in [6, 6.07) is 21.9. The molecule has 1 unspecified atom stereocenters. The van der Waals surface area contributed by atoms with E-state index in [0.29, 0.717) is 0 Å². The van der Waals surface area contributed by atoms with Crippen molar-refractivity contribution in [2.75, 3.05) is 20.1 Å². The van der Waals surface area contributed by atoms with Gasteiger partial charge in [-0.05, 0) is 99.5 Å². The van der Waals surface area contributed by atoms with E-state index in [1.54, 1.807) is 0 Å². The minimum atomic E-state index is 0.0218. The van der Waals surface area contributed by atoms with Crippen molar-refractivity contribution in [2.24, 2.45) is 5.92 Å². The Hall–Kier alpha value is -2.85. The predicted octanol–water partition coefficient (Wildman–Crippen LogP) is 6.65. The Kier molecular flexibility index (Phi) is 7.91. The number of fused-ring (bicyclic) bond motifs is 1. The van der Waals surface area contributed by atoms with Crippen molar-refractivity contribution in [1.82, 2.24) is 14.8 Å². The zero-order valence-electron chi connectivity index (χ0n) is 22.0. The lowest BCUT2D eigenvalue weighted by Gasteiger charge is -2.31. The van der Waals surface area contributed by atoms with Gasteiger partial charge in [-0.1, -0.05) is 56.5 Å². The zero-order valence-corrected chi connectivity index (χ0v) is 22.0. The van der Waals surface area contributed by atoms with Crippen molar-refractivity contribution in [3.63, 3.8) is 0 Å². The second kappa shape index (κ2) is 11.5. The van der Waals surface area contributed by atoms with Crippen LogP contribution in [-0.2, 0) is 12.8 Å². The molecule has 1 atom stereocenters. The maximum absolute atomic E-state index is 12.8. The molecule has 1 fully saturated rings. The predicted molar refractivity (Wildman–Crippen MR) is 149 cm³/mol. The first-order chi connectivity index (χ1) is 17.6. The smallest absolute Gasteiger partial charge is 0.251 e. The highest BCUT2D eigenvalue weighted by atomic mass is 16.1. The fourth-order valence-electron chi connectivity index (χ4n) is 6.13. The summed E-state index contributed by atoms with van der Waals surface area (Å²) in [5.41, 5.74) is 7.23. The molecule has 0 saturated heterocycles. The van der Waals surface area contributed by atoms with Crippen LogP contribution >= 0.6 is 0 Å². The highest BCUT2D eigenvalue weighted by molar-refractivity contribution is 5.94. The number of nitrogens with zero attached hydrogens (tertiary/aromatic N) is 2. The number of benzene rings is 2.